The minimum Gasteiger partial charge on any atom is -0.347 e. The second-order valence-electron chi connectivity index (χ2n) is 5.75. The fourth-order valence-corrected chi connectivity index (χ4v) is 4.51. The molecule has 1 aromatic rings. The van der Waals surface area contributed by atoms with Gasteiger partial charge in [-0.2, -0.15) is 16.1 Å². The van der Waals surface area contributed by atoms with Crippen LogP contribution < -0.4 is 4.90 Å². The lowest BCUT2D eigenvalue weighted by molar-refractivity contribution is 0.622. The number of hydrogen-bond donors (Lipinski definition) is 0. The van der Waals surface area contributed by atoms with Crippen molar-refractivity contribution in [3.63, 3.8) is 0 Å². The third kappa shape index (κ3) is 4.09. The molecule has 1 aromatic heterocycles. The van der Waals surface area contributed by atoms with Crippen LogP contribution in [0.15, 0.2) is 0 Å². The van der Waals surface area contributed by atoms with Gasteiger partial charge in [0.05, 0.1) is 0 Å². The van der Waals surface area contributed by atoms with Crippen LogP contribution in [0.5, 0.6) is 0 Å². The molecule has 108 valence electrons. The molecule has 1 aliphatic carbocycles. The summed E-state index contributed by atoms with van der Waals surface area (Å²) in [5.74, 6) is 2.88. The van der Waals surface area contributed by atoms with Crippen LogP contribution in [-0.2, 0) is 6.42 Å². The Morgan fingerprint density at radius 2 is 2.21 bits per heavy atom. The zero-order chi connectivity index (χ0) is 13.8. The smallest absolute Gasteiger partial charge is 0.205 e. The fourth-order valence-electron chi connectivity index (χ4n) is 2.65. The lowest BCUT2D eigenvalue weighted by Gasteiger charge is -2.23. The zero-order valence-corrected chi connectivity index (χ0v) is 14.1. The Bertz CT molecular complexity index is 392. The first-order chi connectivity index (χ1) is 9.10. The summed E-state index contributed by atoms with van der Waals surface area (Å²) in [6, 6.07) is 0.656. The molecule has 0 amide bonds. The lowest BCUT2D eigenvalue weighted by Crippen LogP contribution is -2.29. The molecule has 2 atom stereocenters. The van der Waals surface area contributed by atoms with Crippen molar-refractivity contribution >= 4 is 28.4 Å². The Labute approximate surface area is 125 Å². The molecule has 19 heavy (non-hydrogen) atoms. The molecule has 3 nitrogen and oxygen atoms in total. The molecule has 0 aliphatic heterocycles. The number of aromatic nitrogens is 2. The van der Waals surface area contributed by atoms with E-state index in [4.69, 9.17) is 4.98 Å². The van der Waals surface area contributed by atoms with Gasteiger partial charge in [-0.3, -0.25) is 0 Å². The van der Waals surface area contributed by atoms with Crippen LogP contribution in [0.3, 0.4) is 0 Å². The summed E-state index contributed by atoms with van der Waals surface area (Å²) in [5.41, 5.74) is 0. The molecule has 0 N–H and O–H groups in total. The fraction of sp³-hybridized carbons (Fsp3) is 0.857. The van der Waals surface area contributed by atoms with Crippen LogP contribution in [0.1, 0.15) is 45.9 Å². The summed E-state index contributed by atoms with van der Waals surface area (Å²) < 4.78 is 4.49. The number of rotatable bonds is 6. The number of nitrogens with zero attached hydrogens (tertiary/aromatic N) is 3. The van der Waals surface area contributed by atoms with Crippen molar-refractivity contribution in [2.75, 3.05) is 17.7 Å². The molecule has 1 heterocycles. The number of anilines is 1. The summed E-state index contributed by atoms with van der Waals surface area (Å²) in [5, 5.41) is 1.95. The monoisotopic (exact) mass is 299 g/mol. The highest BCUT2D eigenvalue weighted by atomic mass is 32.2. The molecular weight excluding hydrogens is 274 g/mol. The molecule has 5 heteroatoms. The van der Waals surface area contributed by atoms with E-state index in [0.29, 0.717) is 12.0 Å². The van der Waals surface area contributed by atoms with E-state index in [2.05, 4.69) is 48.9 Å². The van der Waals surface area contributed by atoms with E-state index in [9.17, 15) is 0 Å². The van der Waals surface area contributed by atoms with Gasteiger partial charge in [-0.15, -0.1) is 0 Å². The first-order valence-electron chi connectivity index (χ1n) is 7.27. The van der Waals surface area contributed by atoms with Crippen LogP contribution in [0.4, 0.5) is 5.13 Å². The van der Waals surface area contributed by atoms with Gasteiger partial charge in [-0.25, -0.2) is 4.98 Å². The van der Waals surface area contributed by atoms with Gasteiger partial charge in [0.2, 0.25) is 5.13 Å². The summed E-state index contributed by atoms with van der Waals surface area (Å²) in [4.78, 5) is 7.05. The molecule has 0 radical (unpaired) electrons. The molecule has 2 rings (SSSR count). The van der Waals surface area contributed by atoms with Crippen LogP contribution in [0, 0.1) is 5.92 Å². The highest BCUT2D eigenvalue weighted by Gasteiger charge is 2.29. The van der Waals surface area contributed by atoms with Gasteiger partial charge in [0.15, 0.2) is 0 Å². The highest BCUT2D eigenvalue weighted by molar-refractivity contribution is 7.99. The maximum absolute atomic E-state index is 4.69. The Morgan fingerprint density at radius 3 is 2.89 bits per heavy atom. The Balaban J connectivity index is 1.92. The number of hydrogen-bond acceptors (Lipinski definition) is 5. The molecule has 0 aromatic carbocycles. The SMILES string of the molecule is CCSC1CCC(N(C)c2nc(CC(C)C)ns2)C1. The lowest BCUT2D eigenvalue weighted by atomic mass is 10.1. The van der Waals surface area contributed by atoms with Crippen molar-refractivity contribution in [2.45, 2.75) is 57.7 Å². The van der Waals surface area contributed by atoms with Crippen LogP contribution in [0.25, 0.3) is 0 Å². The molecule has 1 aliphatic rings. The van der Waals surface area contributed by atoms with Crippen LogP contribution in [-0.4, -0.2) is 33.4 Å². The normalized spacial score (nSPS) is 23.2. The van der Waals surface area contributed by atoms with E-state index in [-0.39, 0.29) is 0 Å². The Morgan fingerprint density at radius 1 is 1.42 bits per heavy atom. The first kappa shape index (κ1) is 15.1. The maximum atomic E-state index is 4.69. The summed E-state index contributed by atoms with van der Waals surface area (Å²) in [6.45, 7) is 6.69. The second-order valence-corrected chi connectivity index (χ2v) is 8.05. The molecule has 1 fully saturated rings. The van der Waals surface area contributed by atoms with Crippen molar-refractivity contribution in [1.29, 1.82) is 0 Å². The van der Waals surface area contributed by atoms with Gasteiger partial charge in [0, 0.05) is 36.3 Å². The zero-order valence-electron chi connectivity index (χ0n) is 12.4. The third-order valence-corrected chi connectivity index (χ3v) is 5.73. The van der Waals surface area contributed by atoms with Crippen LogP contribution in [0.2, 0.25) is 0 Å². The standard InChI is InChI=1S/C14H25N3S2/c1-5-18-12-7-6-11(9-12)17(4)14-15-13(16-19-14)8-10(2)3/h10-12H,5-9H2,1-4H3. The molecule has 0 spiro atoms. The average molecular weight is 300 g/mol. The van der Waals surface area contributed by atoms with Crippen LogP contribution >= 0.6 is 23.3 Å². The minimum absolute atomic E-state index is 0.629. The molecule has 1 saturated carbocycles. The van der Waals surface area contributed by atoms with E-state index in [1.165, 1.54) is 25.0 Å². The maximum Gasteiger partial charge on any atom is 0.205 e. The second kappa shape index (κ2) is 6.93. The van der Waals surface area contributed by atoms with E-state index >= 15 is 0 Å². The Hall–Kier alpha value is -0.290. The van der Waals surface area contributed by atoms with Gasteiger partial charge in [-0.1, -0.05) is 20.8 Å². The van der Waals surface area contributed by atoms with E-state index in [1.807, 2.05) is 0 Å². The summed E-state index contributed by atoms with van der Waals surface area (Å²) in [7, 11) is 2.18. The largest absolute Gasteiger partial charge is 0.347 e. The average Bonchev–Trinajstić information content (AvgIpc) is 2.97. The van der Waals surface area contributed by atoms with Gasteiger partial charge in [0.1, 0.15) is 5.82 Å². The van der Waals surface area contributed by atoms with Crippen molar-refractivity contribution < 1.29 is 0 Å². The predicted molar refractivity (Wildman–Crippen MR) is 86.4 cm³/mol. The van der Waals surface area contributed by atoms with Crippen molar-refractivity contribution in [1.82, 2.24) is 9.36 Å². The quantitative estimate of drug-likeness (QED) is 0.798. The van der Waals surface area contributed by atoms with E-state index in [0.717, 1.165) is 22.6 Å². The highest BCUT2D eigenvalue weighted by Crippen LogP contribution is 2.34. The van der Waals surface area contributed by atoms with Gasteiger partial charge < -0.3 is 4.90 Å². The Kier molecular flexibility index (Phi) is 5.51. The topological polar surface area (TPSA) is 29.0 Å². The van der Waals surface area contributed by atoms with Gasteiger partial charge in [-0.05, 0) is 30.9 Å². The molecule has 0 bridgehead atoms. The van der Waals surface area contributed by atoms with Crippen molar-refractivity contribution in [3.05, 3.63) is 5.82 Å². The van der Waals surface area contributed by atoms with E-state index < -0.39 is 0 Å². The van der Waals surface area contributed by atoms with Crippen molar-refractivity contribution in [3.8, 4) is 0 Å². The molecule has 0 saturated heterocycles. The summed E-state index contributed by atoms with van der Waals surface area (Å²) >= 11 is 3.67. The van der Waals surface area contributed by atoms with Gasteiger partial charge >= 0.3 is 0 Å². The third-order valence-electron chi connectivity index (χ3n) is 3.66. The summed E-state index contributed by atoms with van der Waals surface area (Å²) in [6.07, 6.45) is 4.94. The first-order valence-corrected chi connectivity index (χ1v) is 9.09. The van der Waals surface area contributed by atoms with E-state index in [1.54, 1.807) is 11.5 Å². The predicted octanol–water partition coefficient (Wildman–Crippen LogP) is 3.85. The molecule has 2 unspecified atom stereocenters. The molecular formula is C14H25N3S2. The van der Waals surface area contributed by atoms with Gasteiger partial charge in [0.25, 0.3) is 0 Å². The minimum atomic E-state index is 0.629. The van der Waals surface area contributed by atoms with Crippen molar-refractivity contribution in [2.24, 2.45) is 5.92 Å². The number of thioether (sulfide) groups is 1.